The Bertz CT molecular complexity index is 1400. The summed E-state index contributed by atoms with van der Waals surface area (Å²) >= 11 is 9.91. The number of halogens is 2. The molecule has 0 radical (unpaired) electrons. The monoisotopic (exact) mass is 536 g/mol. The van der Waals surface area contributed by atoms with Gasteiger partial charge in [0.25, 0.3) is 0 Å². The maximum Gasteiger partial charge on any atom is 0.156 e. The standard InChI is InChI=1S/C26H22BrClN4O2/c27-19-7-6-18(24(28)12-19)10-20-15-33-31-26(30-20)23-13-21-8-9-29-32(21)14-25(23)34-22-3-1-2-17(11-22)16-4-5-16/h1-3,6-9,11-14,16,20H,4-5,10,15H2,(H,30,31)/t20-/m1/s1. The highest BCUT2D eigenvalue weighted by Crippen LogP contribution is 2.41. The summed E-state index contributed by atoms with van der Waals surface area (Å²) in [7, 11) is 0. The van der Waals surface area contributed by atoms with Crippen molar-refractivity contribution in [1.29, 1.82) is 0 Å². The number of hydrogen-bond donors (Lipinski definition) is 1. The minimum Gasteiger partial charge on any atom is -0.455 e. The predicted octanol–water partition coefficient (Wildman–Crippen LogP) is 6.31. The highest BCUT2D eigenvalue weighted by Gasteiger charge is 2.25. The second-order valence-corrected chi connectivity index (χ2v) is 10.0. The molecule has 0 spiro atoms. The van der Waals surface area contributed by atoms with E-state index >= 15 is 0 Å². The number of fused-ring (bicyclic) bond motifs is 1. The molecule has 0 unspecified atom stereocenters. The van der Waals surface area contributed by atoms with Gasteiger partial charge in [-0.1, -0.05) is 45.7 Å². The number of rotatable bonds is 6. The maximum absolute atomic E-state index is 6.45. The molecule has 0 amide bonds. The van der Waals surface area contributed by atoms with E-state index in [-0.39, 0.29) is 6.04 Å². The van der Waals surface area contributed by atoms with Crippen molar-refractivity contribution in [3.8, 4) is 11.5 Å². The Hall–Kier alpha value is -2.87. The number of hydrogen-bond acceptors (Lipinski definition) is 5. The second-order valence-electron chi connectivity index (χ2n) is 8.69. The topological polar surface area (TPSA) is 60.2 Å². The average molecular weight is 538 g/mol. The molecule has 6 nitrogen and oxygen atoms in total. The molecule has 3 heterocycles. The van der Waals surface area contributed by atoms with Gasteiger partial charge in [0.05, 0.1) is 29.9 Å². The zero-order valence-corrected chi connectivity index (χ0v) is 20.6. The van der Waals surface area contributed by atoms with Crippen molar-refractivity contribution in [1.82, 2.24) is 15.1 Å². The lowest BCUT2D eigenvalue weighted by Crippen LogP contribution is -2.36. The molecule has 8 heteroatoms. The molecule has 1 atom stereocenters. The van der Waals surface area contributed by atoms with Crippen LogP contribution in [0.5, 0.6) is 11.5 Å². The van der Waals surface area contributed by atoms with E-state index in [4.69, 9.17) is 26.2 Å². The molecule has 2 aromatic heterocycles. The van der Waals surface area contributed by atoms with E-state index in [1.165, 1.54) is 18.4 Å². The third-order valence-electron chi connectivity index (χ3n) is 6.11. The van der Waals surface area contributed by atoms with Gasteiger partial charge >= 0.3 is 0 Å². The summed E-state index contributed by atoms with van der Waals surface area (Å²) in [5.74, 6) is 2.73. The fourth-order valence-electron chi connectivity index (χ4n) is 4.21. The summed E-state index contributed by atoms with van der Waals surface area (Å²) in [6.07, 6.45) is 6.81. The number of hydroxylamine groups is 1. The van der Waals surface area contributed by atoms with Crippen LogP contribution in [0.2, 0.25) is 5.02 Å². The summed E-state index contributed by atoms with van der Waals surface area (Å²) in [5.41, 5.74) is 7.11. The van der Waals surface area contributed by atoms with Crippen LogP contribution in [-0.2, 0) is 11.3 Å². The summed E-state index contributed by atoms with van der Waals surface area (Å²) < 4.78 is 9.13. The van der Waals surface area contributed by atoms with Crippen molar-refractivity contribution in [2.45, 2.75) is 31.2 Å². The molecular weight excluding hydrogens is 516 g/mol. The third-order valence-corrected chi connectivity index (χ3v) is 6.96. The van der Waals surface area contributed by atoms with Crippen molar-refractivity contribution in [2.75, 3.05) is 6.61 Å². The number of pyridine rings is 1. The van der Waals surface area contributed by atoms with E-state index in [9.17, 15) is 0 Å². The number of amidine groups is 1. The lowest BCUT2D eigenvalue weighted by atomic mass is 10.1. The zero-order chi connectivity index (χ0) is 23.1. The van der Waals surface area contributed by atoms with Gasteiger partial charge < -0.3 is 4.74 Å². The molecule has 4 aromatic rings. The number of aliphatic imine (C=N–C) groups is 1. The lowest BCUT2D eigenvalue weighted by molar-refractivity contribution is 0.0623. The Morgan fingerprint density at radius 3 is 2.91 bits per heavy atom. The molecule has 0 bridgehead atoms. The lowest BCUT2D eigenvalue weighted by Gasteiger charge is -2.23. The number of benzene rings is 2. The van der Waals surface area contributed by atoms with Gasteiger partial charge in [-0.15, -0.1) is 0 Å². The quantitative estimate of drug-likeness (QED) is 0.313. The Labute approximate surface area is 210 Å². The average Bonchev–Trinajstić information content (AvgIpc) is 3.59. The maximum atomic E-state index is 6.45. The van der Waals surface area contributed by atoms with Gasteiger partial charge in [0.1, 0.15) is 5.75 Å². The Balaban J connectivity index is 1.34. The van der Waals surface area contributed by atoms with Crippen LogP contribution in [0.15, 0.2) is 76.5 Å². The van der Waals surface area contributed by atoms with E-state index in [0.29, 0.717) is 35.6 Å². The van der Waals surface area contributed by atoms with Gasteiger partial charge in [-0.05, 0) is 72.7 Å². The first-order valence-electron chi connectivity index (χ1n) is 11.3. The smallest absolute Gasteiger partial charge is 0.156 e. The molecule has 2 aliphatic rings. The van der Waals surface area contributed by atoms with Crippen molar-refractivity contribution in [3.05, 3.63) is 93.2 Å². The van der Waals surface area contributed by atoms with Crippen LogP contribution in [0.1, 0.15) is 35.4 Å². The van der Waals surface area contributed by atoms with Crippen LogP contribution in [0, 0.1) is 0 Å². The highest BCUT2D eigenvalue weighted by atomic mass is 79.9. The Morgan fingerprint density at radius 2 is 2.06 bits per heavy atom. The van der Waals surface area contributed by atoms with Crippen molar-refractivity contribution in [3.63, 3.8) is 0 Å². The van der Waals surface area contributed by atoms with Crippen molar-refractivity contribution in [2.24, 2.45) is 4.99 Å². The molecule has 1 fully saturated rings. The molecule has 6 rings (SSSR count). The van der Waals surface area contributed by atoms with Gasteiger partial charge in [-0.3, -0.25) is 9.83 Å². The molecule has 1 aliphatic carbocycles. The fraction of sp³-hybridized carbons (Fsp3) is 0.231. The molecular formula is C26H22BrClN4O2. The number of aromatic nitrogens is 2. The summed E-state index contributed by atoms with van der Waals surface area (Å²) in [6, 6.07) is 18.1. The minimum atomic E-state index is -0.0814. The van der Waals surface area contributed by atoms with Crippen LogP contribution in [-0.4, -0.2) is 28.1 Å². The third kappa shape index (κ3) is 4.56. The van der Waals surface area contributed by atoms with Crippen molar-refractivity contribution < 1.29 is 9.57 Å². The summed E-state index contributed by atoms with van der Waals surface area (Å²) in [4.78, 5) is 10.7. The first-order valence-corrected chi connectivity index (χ1v) is 12.4. The molecule has 1 aliphatic heterocycles. The van der Waals surface area contributed by atoms with E-state index in [0.717, 1.165) is 26.9 Å². The van der Waals surface area contributed by atoms with E-state index in [2.05, 4.69) is 38.6 Å². The van der Waals surface area contributed by atoms with Gasteiger partial charge in [0, 0.05) is 15.7 Å². The van der Waals surface area contributed by atoms with Crippen molar-refractivity contribution >= 4 is 38.9 Å². The molecule has 2 aromatic carbocycles. The van der Waals surface area contributed by atoms with Crippen LogP contribution in [0.4, 0.5) is 0 Å². The van der Waals surface area contributed by atoms with Crippen LogP contribution in [0.3, 0.4) is 0 Å². The van der Waals surface area contributed by atoms with Crippen LogP contribution < -0.4 is 10.2 Å². The van der Waals surface area contributed by atoms with Gasteiger partial charge in [-0.25, -0.2) is 10.00 Å². The predicted molar refractivity (Wildman–Crippen MR) is 136 cm³/mol. The minimum absolute atomic E-state index is 0.0814. The molecule has 1 N–H and O–H groups in total. The molecule has 0 saturated heterocycles. The highest BCUT2D eigenvalue weighted by molar-refractivity contribution is 9.10. The number of nitrogens with one attached hydrogen (secondary N) is 1. The normalized spacial score (nSPS) is 17.9. The molecule has 172 valence electrons. The first kappa shape index (κ1) is 21.6. The number of ether oxygens (including phenoxy) is 1. The fourth-order valence-corrected chi connectivity index (χ4v) is 4.96. The van der Waals surface area contributed by atoms with E-state index in [1.54, 1.807) is 10.7 Å². The molecule has 34 heavy (non-hydrogen) atoms. The summed E-state index contributed by atoms with van der Waals surface area (Å²) in [6.45, 7) is 0.449. The summed E-state index contributed by atoms with van der Waals surface area (Å²) in [5, 5.41) is 5.09. The Kier molecular flexibility index (Phi) is 5.77. The second kappa shape index (κ2) is 9.06. The number of nitrogens with zero attached hydrogens (tertiary/aromatic N) is 3. The Morgan fingerprint density at radius 1 is 1.15 bits per heavy atom. The zero-order valence-electron chi connectivity index (χ0n) is 18.2. The van der Waals surface area contributed by atoms with Gasteiger partial charge in [-0.2, -0.15) is 5.10 Å². The van der Waals surface area contributed by atoms with Crippen LogP contribution in [0.25, 0.3) is 5.52 Å². The first-order chi connectivity index (χ1) is 16.6. The van der Waals surface area contributed by atoms with Gasteiger partial charge in [0.2, 0.25) is 0 Å². The van der Waals surface area contributed by atoms with Gasteiger partial charge in [0.15, 0.2) is 11.6 Å². The largest absolute Gasteiger partial charge is 0.455 e. The van der Waals surface area contributed by atoms with Crippen LogP contribution >= 0.6 is 27.5 Å². The van der Waals surface area contributed by atoms with E-state index in [1.807, 2.05) is 48.7 Å². The molecule has 1 saturated carbocycles. The SMILES string of the molecule is Clc1cc(Br)ccc1C[C@@H]1CONC(c2cc3ccnn3cc2Oc2cccc(C3CC3)c2)=N1. The van der Waals surface area contributed by atoms with E-state index < -0.39 is 0 Å².